The molecule has 0 heterocycles. The molecule has 1 aromatic carbocycles. The molecular weight excluding hydrogens is 242 g/mol. The predicted molar refractivity (Wildman–Crippen MR) is 68.1 cm³/mol. The Labute approximate surface area is 106 Å². The van der Waals surface area contributed by atoms with E-state index in [0.29, 0.717) is 22.9 Å². The van der Waals surface area contributed by atoms with E-state index in [4.69, 9.17) is 21.4 Å². The second-order valence-corrected chi connectivity index (χ2v) is 4.13. The summed E-state index contributed by atoms with van der Waals surface area (Å²) in [6, 6.07) is 4.54. The van der Waals surface area contributed by atoms with Crippen molar-refractivity contribution in [2.75, 3.05) is 19.1 Å². The molecule has 17 heavy (non-hydrogen) atoms. The van der Waals surface area contributed by atoms with Crippen LogP contribution in [0.25, 0.3) is 0 Å². The normalized spacial score (nSPS) is 12.0. The van der Waals surface area contributed by atoms with Gasteiger partial charge < -0.3 is 14.7 Å². The molecule has 4 nitrogen and oxygen atoms in total. The lowest BCUT2D eigenvalue weighted by Crippen LogP contribution is -2.38. The zero-order valence-electron chi connectivity index (χ0n) is 10.1. The number of carboxylic acids is 1. The number of likely N-dealkylation sites (N-methyl/N-ethyl adjacent to an activating group) is 1. The Morgan fingerprint density at radius 3 is 2.71 bits per heavy atom. The van der Waals surface area contributed by atoms with Crippen LogP contribution in [-0.4, -0.2) is 31.3 Å². The molecule has 1 N–H and O–H groups in total. The SMILES string of the molecule is CC[C@@H](C(=O)O)N(C)c1cc(Cl)ccc1OC. The Morgan fingerprint density at radius 1 is 1.59 bits per heavy atom. The lowest BCUT2D eigenvalue weighted by atomic mass is 10.1. The molecule has 0 radical (unpaired) electrons. The number of benzene rings is 1. The van der Waals surface area contributed by atoms with E-state index in [-0.39, 0.29) is 0 Å². The van der Waals surface area contributed by atoms with Crippen molar-refractivity contribution < 1.29 is 14.6 Å². The van der Waals surface area contributed by atoms with E-state index in [1.54, 1.807) is 37.3 Å². The minimum Gasteiger partial charge on any atom is -0.495 e. The molecule has 0 saturated carbocycles. The van der Waals surface area contributed by atoms with Crippen LogP contribution in [0.3, 0.4) is 0 Å². The minimum absolute atomic E-state index is 0.501. The number of carbonyl (C=O) groups is 1. The van der Waals surface area contributed by atoms with Crippen LogP contribution in [0.5, 0.6) is 5.75 Å². The summed E-state index contributed by atoms with van der Waals surface area (Å²) in [5.41, 5.74) is 0.675. The zero-order chi connectivity index (χ0) is 13.0. The smallest absolute Gasteiger partial charge is 0.326 e. The van der Waals surface area contributed by atoms with Gasteiger partial charge >= 0.3 is 5.97 Å². The summed E-state index contributed by atoms with van der Waals surface area (Å²) < 4.78 is 5.20. The molecule has 0 aromatic heterocycles. The number of aliphatic carboxylic acids is 1. The van der Waals surface area contributed by atoms with Crippen LogP contribution in [0.15, 0.2) is 18.2 Å². The van der Waals surface area contributed by atoms with Crippen molar-refractivity contribution >= 4 is 23.3 Å². The van der Waals surface area contributed by atoms with E-state index in [2.05, 4.69) is 0 Å². The van der Waals surface area contributed by atoms with Gasteiger partial charge in [0.25, 0.3) is 0 Å². The standard InChI is InChI=1S/C12H16ClNO3/c1-4-9(12(15)16)14(2)10-7-8(13)5-6-11(10)17-3/h5-7,9H,4H2,1-3H3,(H,15,16)/t9-/m0/s1. The van der Waals surface area contributed by atoms with Crippen LogP contribution < -0.4 is 9.64 Å². The van der Waals surface area contributed by atoms with Crippen molar-refractivity contribution in [2.45, 2.75) is 19.4 Å². The van der Waals surface area contributed by atoms with Gasteiger partial charge in [-0.2, -0.15) is 0 Å². The van der Waals surface area contributed by atoms with Gasteiger partial charge in [0, 0.05) is 12.1 Å². The van der Waals surface area contributed by atoms with Crippen LogP contribution in [0, 0.1) is 0 Å². The fourth-order valence-electron chi connectivity index (χ4n) is 1.72. The van der Waals surface area contributed by atoms with Crippen LogP contribution in [0.1, 0.15) is 13.3 Å². The van der Waals surface area contributed by atoms with E-state index >= 15 is 0 Å². The fraction of sp³-hybridized carbons (Fsp3) is 0.417. The third kappa shape index (κ3) is 3.03. The van der Waals surface area contributed by atoms with Gasteiger partial charge in [0.1, 0.15) is 11.8 Å². The summed E-state index contributed by atoms with van der Waals surface area (Å²) in [6.45, 7) is 1.83. The molecule has 0 bridgehead atoms. The number of nitrogens with zero attached hydrogens (tertiary/aromatic N) is 1. The Balaban J connectivity index is 3.13. The maximum absolute atomic E-state index is 11.1. The summed E-state index contributed by atoms with van der Waals surface area (Å²) in [5.74, 6) is -0.256. The quantitative estimate of drug-likeness (QED) is 0.881. The highest BCUT2D eigenvalue weighted by Gasteiger charge is 2.23. The number of ether oxygens (including phenoxy) is 1. The average Bonchev–Trinajstić information content (AvgIpc) is 2.29. The number of rotatable bonds is 5. The first-order chi connectivity index (χ1) is 8.01. The fourth-order valence-corrected chi connectivity index (χ4v) is 1.89. The lowest BCUT2D eigenvalue weighted by Gasteiger charge is -2.27. The summed E-state index contributed by atoms with van der Waals surface area (Å²) in [6.07, 6.45) is 0.501. The third-order valence-electron chi connectivity index (χ3n) is 2.66. The van der Waals surface area contributed by atoms with E-state index in [0.717, 1.165) is 0 Å². The minimum atomic E-state index is -0.864. The van der Waals surface area contributed by atoms with Gasteiger partial charge in [-0.05, 0) is 24.6 Å². The molecule has 0 aliphatic rings. The number of anilines is 1. The third-order valence-corrected chi connectivity index (χ3v) is 2.90. The summed E-state index contributed by atoms with van der Waals surface area (Å²) in [5, 5.41) is 9.67. The first kappa shape index (κ1) is 13.6. The summed E-state index contributed by atoms with van der Waals surface area (Å²) in [7, 11) is 3.26. The maximum atomic E-state index is 11.1. The van der Waals surface area contributed by atoms with Gasteiger partial charge in [-0.15, -0.1) is 0 Å². The van der Waals surface area contributed by atoms with Gasteiger partial charge in [0.05, 0.1) is 12.8 Å². The second kappa shape index (κ2) is 5.77. The number of hydrogen-bond donors (Lipinski definition) is 1. The zero-order valence-corrected chi connectivity index (χ0v) is 10.9. The number of carboxylic acid groups (broad SMARTS) is 1. The predicted octanol–water partition coefficient (Wildman–Crippen LogP) is 2.65. The Morgan fingerprint density at radius 2 is 2.24 bits per heavy atom. The van der Waals surface area contributed by atoms with Gasteiger partial charge in [0.15, 0.2) is 0 Å². The highest BCUT2D eigenvalue weighted by atomic mass is 35.5. The van der Waals surface area contributed by atoms with Crippen molar-refractivity contribution in [3.05, 3.63) is 23.2 Å². The molecule has 0 aliphatic heterocycles. The molecule has 1 rings (SSSR count). The topological polar surface area (TPSA) is 49.8 Å². The number of halogens is 1. The van der Waals surface area contributed by atoms with Crippen molar-refractivity contribution in [3.63, 3.8) is 0 Å². The summed E-state index contributed by atoms with van der Waals surface area (Å²) in [4.78, 5) is 12.8. The van der Waals surface area contributed by atoms with Gasteiger partial charge in [-0.3, -0.25) is 0 Å². The second-order valence-electron chi connectivity index (χ2n) is 3.69. The molecule has 1 atom stereocenters. The van der Waals surface area contributed by atoms with Crippen LogP contribution >= 0.6 is 11.6 Å². The molecule has 0 unspecified atom stereocenters. The highest BCUT2D eigenvalue weighted by molar-refractivity contribution is 6.31. The number of methoxy groups -OCH3 is 1. The van der Waals surface area contributed by atoms with E-state index in [9.17, 15) is 4.79 Å². The van der Waals surface area contributed by atoms with Crippen molar-refractivity contribution in [2.24, 2.45) is 0 Å². The first-order valence-corrected chi connectivity index (χ1v) is 5.68. The van der Waals surface area contributed by atoms with Crippen LogP contribution in [0.2, 0.25) is 5.02 Å². The molecule has 0 amide bonds. The largest absolute Gasteiger partial charge is 0.495 e. The first-order valence-electron chi connectivity index (χ1n) is 5.30. The Kier molecular flexibility index (Phi) is 4.63. The van der Waals surface area contributed by atoms with Crippen LogP contribution in [0.4, 0.5) is 5.69 Å². The molecule has 0 fully saturated rings. The molecule has 94 valence electrons. The average molecular weight is 258 g/mol. The van der Waals surface area contributed by atoms with Crippen LogP contribution in [-0.2, 0) is 4.79 Å². The lowest BCUT2D eigenvalue weighted by molar-refractivity contribution is -0.138. The highest BCUT2D eigenvalue weighted by Crippen LogP contribution is 2.32. The molecule has 0 spiro atoms. The van der Waals surface area contributed by atoms with Gasteiger partial charge in [-0.1, -0.05) is 18.5 Å². The van der Waals surface area contributed by atoms with Crippen molar-refractivity contribution in [1.82, 2.24) is 0 Å². The number of hydrogen-bond acceptors (Lipinski definition) is 3. The van der Waals surface area contributed by atoms with Crippen molar-refractivity contribution in [1.29, 1.82) is 0 Å². The molecule has 5 heteroatoms. The van der Waals surface area contributed by atoms with Gasteiger partial charge in [-0.25, -0.2) is 4.79 Å². The monoisotopic (exact) mass is 257 g/mol. The van der Waals surface area contributed by atoms with E-state index in [1.165, 1.54) is 0 Å². The molecule has 1 aromatic rings. The molecular formula is C12H16ClNO3. The van der Waals surface area contributed by atoms with E-state index in [1.807, 2.05) is 6.92 Å². The Bertz CT molecular complexity index is 409. The molecule has 0 aliphatic carbocycles. The van der Waals surface area contributed by atoms with Gasteiger partial charge in [0.2, 0.25) is 0 Å². The summed E-state index contributed by atoms with van der Waals surface area (Å²) >= 11 is 5.92. The Hall–Kier alpha value is -1.42. The van der Waals surface area contributed by atoms with E-state index < -0.39 is 12.0 Å². The van der Waals surface area contributed by atoms with Crippen molar-refractivity contribution in [3.8, 4) is 5.75 Å². The maximum Gasteiger partial charge on any atom is 0.326 e. The molecule has 0 saturated heterocycles.